The highest BCUT2D eigenvalue weighted by molar-refractivity contribution is 7.80. The lowest BCUT2D eigenvalue weighted by molar-refractivity contribution is 0.415. The van der Waals surface area contributed by atoms with E-state index in [1.807, 2.05) is 54.7 Å². The Morgan fingerprint density at radius 1 is 1.22 bits per heavy atom. The fourth-order valence-electron chi connectivity index (χ4n) is 2.54. The minimum Gasteiger partial charge on any atom is -0.497 e. The average molecular weight is 323 g/mol. The standard InChI is InChI=1S/C18H17N3OS/c1-22-15-7-4-6-13(11-15)18-20-9-10-21(18)12-14-5-2-3-8-16(14)17(19)23/h2-11H,12H2,1H3,(H2,19,23). The molecule has 0 unspecified atom stereocenters. The van der Waals surface area contributed by atoms with Crippen LogP contribution in [0.25, 0.3) is 11.4 Å². The molecule has 0 amide bonds. The molecule has 0 saturated heterocycles. The van der Waals surface area contributed by atoms with Crippen LogP contribution in [0.4, 0.5) is 0 Å². The van der Waals surface area contributed by atoms with Gasteiger partial charge in [0.15, 0.2) is 0 Å². The van der Waals surface area contributed by atoms with Crippen LogP contribution in [0.5, 0.6) is 5.75 Å². The zero-order valence-electron chi connectivity index (χ0n) is 12.8. The van der Waals surface area contributed by atoms with Gasteiger partial charge in [-0.2, -0.15) is 0 Å². The predicted octanol–water partition coefficient (Wildman–Crippen LogP) is 3.24. The first kappa shape index (κ1) is 15.2. The number of hydrogen-bond donors (Lipinski definition) is 1. The molecule has 3 aromatic rings. The summed E-state index contributed by atoms with van der Waals surface area (Å²) in [6, 6.07) is 15.8. The lowest BCUT2D eigenvalue weighted by atomic mass is 10.1. The minimum absolute atomic E-state index is 0.406. The third-order valence-corrected chi connectivity index (χ3v) is 3.89. The second-order valence-corrected chi connectivity index (χ2v) is 5.57. The Balaban J connectivity index is 1.97. The van der Waals surface area contributed by atoms with Crippen LogP contribution in [-0.2, 0) is 6.54 Å². The highest BCUT2D eigenvalue weighted by Crippen LogP contribution is 2.23. The van der Waals surface area contributed by atoms with Gasteiger partial charge in [0.2, 0.25) is 0 Å². The summed E-state index contributed by atoms with van der Waals surface area (Å²) in [5, 5.41) is 0. The van der Waals surface area contributed by atoms with Crippen LogP contribution in [-0.4, -0.2) is 21.6 Å². The molecule has 1 heterocycles. The van der Waals surface area contributed by atoms with Crippen LogP contribution in [0.2, 0.25) is 0 Å². The van der Waals surface area contributed by atoms with E-state index in [-0.39, 0.29) is 0 Å². The van der Waals surface area contributed by atoms with E-state index in [1.165, 1.54) is 0 Å². The smallest absolute Gasteiger partial charge is 0.140 e. The Hall–Kier alpha value is -2.66. The minimum atomic E-state index is 0.406. The number of thiocarbonyl (C=S) groups is 1. The SMILES string of the molecule is COc1cccc(-c2nccn2Cc2ccccc2C(N)=S)c1. The zero-order chi connectivity index (χ0) is 16.2. The van der Waals surface area contributed by atoms with Crippen molar-refractivity contribution in [3.05, 3.63) is 72.1 Å². The van der Waals surface area contributed by atoms with Crippen LogP contribution < -0.4 is 10.5 Å². The van der Waals surface area contributed by atoms with Gasteiger partial charge in [-0.1, -0.05) is 48.6 Å². The molecule has 0 aliphatic heterocycles. The van der Waals surface area contributed by atoms with E-state index < -0.39 is 0 Å². The number of methoxy groups -OCH3 is 1. The molecule has 0 fully saturated rings. The van der Waals surface area contributed by atoms with Crippen LogP contribution in [0, 0.1) is 0 Å². The largest absolute Gasteiger partial charge is 0.497 e. The van der Waals surface area contributed by atoms with Gasteiger partial charge in [0, 0.05) is 30.1 Å². The van der Waals surface area contributed by atoms with Crippen LogP contribution >= 0.6 is 12.2 Å². The van der Waals surface area contributed by atoms with Gasteiger partial charge in [-0.25, -0.2) is 4.98 Å². The number of aromatic nitrogens is 2. The molecule has 5 heteroatoms. The second-order valence-electron chi connectivity index (χ2n) is 5.13. The molecule has 0 aliphatic carbocycles. The van der Waals surface area contributed by atoms with Gasteiger partial charge in [-0.15, -0.1) is 0 Å². The number of nitrogens with zero attached hydrogens (tertiary/aromatic N) is 2. The predicted molar refractivity (Wildman–Crippen MR) is 95.6 cm³/mol. The average Bonchev–Trinajstić information content (AvgIpc) is 3.03. The molecule has 0 spiro atoms. The van der Waals surface area contributed by atoms with E-state index in [2.05, 4.69) is 9.55 Å². The van der Waals surface area contributed by atoms with E-state index in [0.29, 0.717) is 11.5 Å². The number of benzene rings is 2. The van der Waals surface area contributed by atoms with E-state index in [1.54, 1.807) is 13.3 Å². The van der Waals surface area contributed by atoms with Gasteiger partial charge in [0.05, 0.1) is 7.11 Å². The molecule has 0 aliphatic rings. The summed E-state index contributed by atoms with van der Waals surface area (Å²) < 4.78 is 7.37. The Morgan fingerprint density at radius 3 is 2.83 bits per heavy atom. The van der Waals surface area contributed by atoms with Crippen molar-refractivity contribution in [1.29, 1.82) is 0 Å². The highest BCUT2D eigenvalue weighted by atomic mass is 32.1. The van der Waals surface area contributed by atoms with Crippen LogP contribution in [0.1, 0.15) is 11.1 Å². The first-order chi connectivity index (χ1) is 11.2. The fourth-order valence-corrected chi connectivity index (χ4v) is 2.74. The number of imidazole rings is 1. The summed E-state index contributed by atoms with van der Waals surface area (Å²) in [6.45, 7) is 0.653. The molecule has 0 saturated carbocycles. The third kappa shape index (κ3) is 3.24. The van der Waals surface area contributed by atoms with Crippen molar-refractivity contribution in [2.45, 2.75) is 6.54 Å². The maximum absolute atomic E-state index is 5.82. The topological polar surface area (TPSA) is 53.1 Å². The van der Waals surface area contributed by atoms with E-state index in [0.717, 1.165) is 28.3 Å². The van der Waals surface area contributed by atoms with Crippen molar-refractivity contribution in [3.8, 4) is 17.1 Å². The molecule has 23 heavy (non-hydrogen) atoms. The maximum atomic E-state index is 5.82. The molecular weight excluding hydrogens is 306 g/mol. The van der Waals surface area contributed by atoms with Gasteiger partial charge in [-0.05, 0) is 17.7 Å². The molecule has 2 aromatic carbocycles. The Labute approximate surface area is 140 Å². The molecular formula is C18H17N3OS. The summed E-state index contributed by atoms with van der Waals surface area (Å²) in [5.41, 5.74) is 8.79. The first-order valence-corrected chi connectivity index (χ1v) is 7.63. The molecule has 0 atom stereocenters. The Morgan fingerprint density at radius 2 is 2.04 bits per heavy atom. The number of hydrogen-bond acceptors (Lipinski definition) is 3. The van der Waals surface area contributed by atoms with Gasteiger partial charge < -0.3 is 15.0 Å². The van der Waals surface area contributed by atoms with Gasteiger partial charge in [0.25, 0.3) is 0 Å². The van der Waals surface area contributed by atoms with Crippen molar-refractivity contribution >= 4 is 17.2 Å². The maximum Gasteiger partial charge on any atom is 0.140 e. The van der Waals surface area contributed by atoms with Gasteiger partial charge in [0.1, 0.15) is 16.6 Å². The van der Waals surface area contributed by atoms with Crippen molar-refractivity contribution in [2.24, 2.45) is 5.73 Å². The summed E-state index contributed by atoms with van der Waals surface area (Å²) in [5.74, 6) is 1.68. The van der Waals surface area contributed by atoms with Crippen molar-refractivity contribution < 1.29 is 4.74 Å². The molecule has 116 valence electrons. The summed E-state index contributed by atoms with van der Waals surface area (Å²) in [7, 11) is 1.66. The zero-order valence-corrected chi connectivity index (χ0v) is 13.6. The summed E-state index contributed by atoms with van der Waals surface area (Å²) >= 11 is 5.14. The lowest BCUT2D eigenvalue weighted by Gasteiger charge is -2.12. The molecule has 4 nitrogen and oxygen atoms in total. The normalized spacial score (nSPS) is 10.5. The lowest BCUT2D eigenvalue weighted by Crippen LogP contribution is -2.14. The fraction of sp³-hybridized carbons (Fsp3) is 0.111. The van der Waals surface area contributed by atoms with E-state index in [9.17, 15) is 0 Å². The highest BCUT2D eigenvalue weighted by Gasteiger charge is 2.10. The number of nitrogens with two attached hydrogens (primary N) is 1. The monoisotopic (exact) mass is 323 g/mol. The molecule has 3 rings (SSSR count). The Kier molecular flexibility index (Phi) is 4.39. The molecule has 1 aromatic heterocycles. The summed E-state index contributed by atoms with van der Waals surface area (Å²) in [4.78, 5) is 4.88. The van der Waals surface area contributed by atoms with Crippen LogP contribution in [0.3, 0.4) is 0 Å². The Bertz CT molecular complexity index is 842. The quantitative estimate of drug-likeness (QED) is 0.732. The third-order valence-electron chi connectivity index (χ3n) is 3.67. The van der Waals surface area contributed by atoms with Crippen LogP contribution in [0.15, 0.2) is 60.9 Å². The van der Waals surface area contributed by atoms with Gasteiger partial charge >= 0.3 is 0 Å². The summed E-state index contributed by atoms with van der Waals surface area (Å²) in [6.07, 6.45) is 3.74. The first-order valence-electron chi connectivity index (χ1n) is 7.22. The van der Waals surface area contributed by atoms with E-state index in [4.69, 9.17) is 22.7 Å². The molecule has 2 N–H and O–H groups in total. The molecule has 0 radical (unpaired) electrons. The number of ether oxygens (including phenoxy) is 1. The molecule has 0 bridgehead atoms. The van der Waals surface area contributed by atoms with Crippen molar-refractivity contribution in [2.75, 3.05) is 7.11 Å². The van der Waals surface area contributed by atoms with Crippen molar-refractivity contribution in [1.82, 2.24) is 9.55 Å². The van der Waals surface area contributed by atoms with Crippen molar-refractivity contribution in [3.63, 3.8) is 0 Å². The second kappa shape index (κ2) is 6.62. The van der Waals surface area contributed by atoms with Gasteiger partial charge in [-0.3, -0.25) is 0 Å². The number of rotatable bonds is 5. The van der Waals surface area contributed by atoms with E-state index >= 15 is 0 Å².